The SMILES string of the molecule is COc1ccc(CCC(=O)N2CCCN(CC(=O)Nc3ccccc3C(=O)c3ccccc3)CC2)cc1. The highest BCUT2D eigenvalue weighted by Gasteiger charge is 2.21. The van der Waals surface area contributed by atoms with Gasteiger partial charge in [0.2, 0.25) is 11.8 Å². The Morgan fingerprint density at radius 1 is 0.838 bits per heavy atom. The van der Waals surface area contributed by atoms with Crippen LogP contribution in [0.2, 0.25) is 0 Å². The molecule has 1 aliphatic heterocycles. The number of nitrogens with zero attached hydrogens (tertiary/aromatic N) is 2. The van der Waals surface area contributed by atoms with Gasteiger partial charge in [-0.1, -0.05) is 54.6 Å². The lowest BCUT2D eigenvalue weighted by Crippen LogP contribution is -2.38. The van der Waals surface area contributed by atoms with E-state index in [2.05, 4.69) is 10.2 Å². The number of hydrogen-bond donors (Lipinski definition) is 1. The molecule has 1 N–H and O–H groups in total. The van der Waals surface area contributed by atoms with Crippen molar-refractivity contribution in [2.45, 2.75) is 19.3 Å². The number of ketones is 1. The summed E-state index contributed by atoms with van der Waals surface area (Å²) in [5.41, 5.74) is 2.65. The van der Waals surface area contributed by atoms with E-state index in [-0.39, 0.29) is 24.1 Å². The number of nitrogens with one attached hydrogen (secondary N) is 1. The quantitative estimate of drug-likeness (QED) is 0.450. The predicted molar refractivity (Wildman–Crippen MR) is 144 cm³/mol. The fourth-order valence-electron chi connectivity index (χ4n) is 4.51. The first kappa shape index (κ1) is 26.1. The first-order chi connectivity index (χ1) is 18.0. The van der Waals surface area contributed by atoms with Crippen molar-refractivity contribution < 1.29 is 19.1 Å². The molecular weight excluding hydrogens is 466 g/mol. The van der Waals surface area contributed by atoms with Crippen LogP contribution in [-0.4, -0.2) is 67.2 Å². The molecule has 37 heavy (non-hydrogen) atoms. The Balaban J connectivity index is 1.28. The molecule has 0 atom stereocenters. The number of anilines is 1. The second-order valence-electron chi connectivity index (χ2n) is 9.15. The van der Waals surface area contributed by atoms with Gasteiger partial charge in [-0.05, 0) is 42.7 Å². The molecule has 0 aliphatic carbocycles. The maximum atomic E-state index is 13.0. The van der Waals surface area contributed by atoms with Gasteiger partial charge in [0, 0.05) is 43.7 Å². The molecule has 0 unspecified atom stereocenters. The van der Waals surface area contributed by atoms with E-state index in [0.717, 1.165) is 24.3 Å². The minimum Gasteiger partial charge on any atom is -0.497 e. The number of carbonyl (C=O) groups excluding carboxylic acids is 3. The number of hydrogen-bond acceptors (Lipinski definition) is 5. The maximum Gasteiger partial charge on any atom is 0.238 e. The molecule has 7 nitrogen and oxygen atoms in total. The number of para-hydroxylation sites is 1. The molecule has 0 saturated carbocycles. The molecule has 4 rings (SSSR count). The van der Waals surface area contributed by atoms with Crippen molar-refractivity contribution in [3.63, 3.8) is 0 Å². The van der Waals surface area contributed by atoms with E-state index < -0.39 is 0 Å². The van der Waals surface area contributed by atoms with Gasteiger partial charge in [0.15, 0.2) is 5.78 Å². The van der Waals surface area contributed by atoms with E-state index in [4.69, 9.17) is 4.74 Å². The first-order valence-corrected chi connectivity index (χ1v) is 12.6. The molecule has 3 aromatic rings. The van der Waals surface area contributed by atoms with Gasteiger partial charge in [0.05, 0.1) is 19.3 Å². The molecule has 1 fully saturated rings. The standard InChI is InChI=1S/C30H33N3O4/c1-37-25-15-12-23(13-16-25)14-17-29(35)33-19-7-18-32(20-21-33)22-28(34)31-27-11-6-5-10-26(27)30(36)24-8-3-2-4-9-24/h2-6,8-13,15-16H,7,14,17-22H2,1H3,(H,31,34). The lowest BCUT2D eigenvalue weighted by molar-refractivity contribution is -0.131. The molecule has 0 aromatic heterocycles. The van der Waals surface area contributed by atoms with Crippen LogP contribution in [0.25, 0.3) is 0 Å². The topological polar surface area (TPSA) is 79.0 Å². The van der Waals surface area contributed by atoms with Crippen LogP contribution in [0, 0.1) is 0 Å². The number of ether oxygens (including phenoxy) is 1. The van der Waals surface area contributed by atoms with Crippen LogP contribution in [0.4, 0.5) is 5.69 Å². The van der Waals surface area contributed by atoms with Crippen LogP contribution in [0.5, 0.6) is 5.75 Å². The zero-order chi connectivity index (χ0) is 26.0. The number of rotatable bonds is 9. The van der Waals surface area contributed by atoms with Crippen molar-refractivity contribution in [1.82, 2.24) is 9.80 Å². The summed E-state index contributed by atoms with van der Waals surface area (Å²) < 4.78 is 5.19. The second-order valence-corrected chi connectivity index (χ2v) is 9.15. The summed E-state index contributed by atoms with van der Waals surface area (Å²) >= 11 is 0. The molecule has 0 radical (unpaired) electrons. The fourth-order valence-corrected chi connectivity index (χ4v) is 4.51. The average Bonchev–Trinajstić information content (AvgIpc) is 3.18. The van der Waals surface area contributed by atoms with Crippen molar-refractivity contribution in [2.24, 2.45) is 0 Å². The molecule has 1 heterocycles. The lowest BCUT2D eigenvalue weighted by Gasteiger charge is -2.22. The number of carbonyl (C=O) groups is 3. The van der Waals surface area contributed by atoms with Gasteiger partial charge in [-0.25, -0.2) is 0 Å². The van der Waals surface area contributed by atoms with Gasteiger partial charge in [-0.3, -0.25) is 19.3 Å². The monoisotopic (exact) mass is 499 g/mol. The van der Waals surface area contributed by atoms with Crippen molar-refractivity contribution in [3.05, 3.63) is 95.6 Å². The molecular formula is C30H33N3O4. The van der Waals surface area contributed by atoms with E-state index in [0.29, 0.717) is 49.3 Å². The van der Waals surface area contributed by atoms with Gasteiger partial charge < -0.3 is 15.0 Å². The molecule has 3 aromatic carbocycles. The summed E-state index contributed by atoms with van der Waals surface area (Å²) in [5.74, 6) is 0.635. The third kappa shape index (κ3) is 7.27. The Labute approximate surface area is 218 Å². The molecule has 2 amide bonds. The normalized spacial score (nSPS) is 14.0. The molecule has 1 saturated heterocycles. The minimum absolute atomic E-state index is 0.130. The van der Waals surface area contributed by atoms with Crippen LogP contribution >= 0.6 is 0 Å². The minimum atomic E-state index is -0.174. The zero-order valence-corrected chi connectivity index (χ0v) is 21.2. The van der Waals surface area contributed by atoms with Crippen LogP contribution in [0.15, 0.2) is 78.9 Å². The van der Waals surface area contributed by atoms with Gasteiger partial charge in [0.1, 0.15) is 5.75 Å². The number of methoxy groups -OCH3 is 1. The van der Waals surface area contributed by atoms with Crippen molar-refractivity contribution in [2.75, 3.05) is 45.2 Å². The van der Waals surface area contributed by atoms with E-state index in [1.54, 1.807) is 43.5 Å². The Morgan fingerprint density at radius 2 is 1.57 bits per heavy atom. The number of amides is 2. The van der Waals surface area contributed by atoms with Crippen LogP contribution < -0.4 is 10.1 Å². The molecule has 0 spiro atoms. The Bertz CT molecular complexity index is 1210. The Kier molecular flexibility index (Phi) is 9.05. The third-order valence-corrected chi connectivity index (χ3v) is 6.58. The van der Waals surface area contributed by atoms with Crippen LogP contribution in [0.1, 0.15) is 34.3 Å². The van der Waals surface area contributed by atoms with Gasteiger partial charge in [-0.15, -0.1) is 0 Å². The summed E-state index contributed by atoms with van der Waals surface area (Å²) in [7, 11) is 1.64. The van der Waals surface area contributed by atoms with Crippen molar-refractivity contribution in [3.8, 4) is 5.75 Å². The van der Waals surface area contributed by atoms with Crippen molar-refractivity contribution >= 4 is 23.3 Å². The van der Waals surface area contributed by atoms with Gasteiger partial charge in [-0.2, -0.15) is 0 Å². The average molecular weight is 500 g/mol. The van der Waals surface area contributed by atoms with Crippen molar-refractivity contribution in [1.29, 1.82) is 0 Å². The third-order valence-electron chi connectivity index (χ3n) is 6.58. The highest BCUT2D eigenvalue weighted by Crippen LogP contribution is 2.20. The van der Waals surface area contributed by atoms with E-state index in [1.165, 1.54) is 0 Å². The van der Waals surface area contributed by atoms with E-state index in [1.807, 2.05) is 47.4 Å². The molecule has 1 aliphatic rings. The lowest BCUT2D eigenvalue weighted by atomic mass is 10.0. The highest BCUT2D eigenvalue weighted by atomic mass is 16.5. The summed E-state index contributed by atoms with van der Waals surface area (Å²) in [4.78, 5) is 42.6. The van der Waals surface area contributed by atoms with Crippen LogP contribution in [-0.2, 0) is 16.0 Å². The van der Waals surface area contributed by atoms with E-state index in [9.17, 15) is 14.4 Å². The van der Waals surface area contributed by atoms with Crippen LogP contribution in [0.3, 0.4) is 0 Å². The number of aryl methyl sites for hydroxylation is 1. The van der Waals surface area contributed by atoms with Gasteiger partial charge >= 0.3 is 0 Å². The Hall–Kier alpha value is -3.97. The summed E-state index contributed by atoms with van der Waals surface area (Å²) in [6.07, 6.45) is 1.95. The number of benzene rings is 3. The molecule has 0 bridgehead atoms. The Morgan fingerprint density at radius 3 is 2.32 bits per heavy atom. The van der Waals surface area contributed by atoms with E-state index >= 15 is 0 Å². The predicted octanol–water partition coefficient (Wildman–Crippen LogP) is 4.03. The molecule has 192 valence electrons. The fraction of sp³-hybridized carbons (Fsp3) is 0.300. The summed E-state index contributed by atoms with van der Waals surface area (Å²) in [5, 5.41) is 2.92. The smallest absolute Gasteiger partial charge is 0.238 e. The largest absolute Gasteiger partial charge is 0.497 e. The maximum absolute atomic E-state index is 13.0. The first-order valence-electron chi connectivity index (χ1n) is 12.6. The summed E-state index contributed by atoms with van der Waals surface area (Å²) in [6, 6.07) is 23.9. The summed E-state index contributed by atoms with van der Waals surface area (Å²) in [6.45, 7) is 2.86. The second kappa shape index (κ2) is 12.8. The molecule has 7 heteroatoms. The zero-order valence-electron chi connectivity index (χ0n) is 21.2. The van der Waals surface area contributed by atoms with Gasteiger partial charge in [0.25, 0.3) is 0 Å². The highest BCUT2D eigenvalue weighted by molar-refractivity contribution is 6.13.